The van der Waals surface area contributed by atoms with E-state index in [2.05, 4.69) is 20.7 Å². The van der Waals surface area contributed by atoms with Crippen LogP contribution in [0.2, 0.25) is 0 Å². The summed E-state index contributed by atoms with van der Waals surface area (Å²) in [6, 6.07) is 11.3. The molecule has 130 valence electrons. The fraction of sp³-hybridized carbons (Fsp3) is 0.278. The summed E-state index contributed by atoms with van der Waals surface area (Å²) in [5.74, 6) is 1.42. The maximum atomic E-state index is 11.9. The molecule has 0 bridgehead atoms. The highest BCUT2D eigenvalue weighted by Gasteiger charge is 2.06. The van der Waals surface area contributed by atoms with E-state index in [9.17, 15) is 4.79 Å². The smallest absolute Gasteiger partial charge is 0.320 e. The van der Waals surface area contributed by atoms with Gasteiger partial charge in [-0.05, 0) is 25.5 Å². The lowest BCUT2D eigenvalue weighted by Gasteiger charge is -2.10. The number of carbonyl (C=O) groups excluding carboxylic acids is 1. The Balaban J connectivity index is 1.42. The van der Waals surface area contributed by atoms with Gasteiger partial charge in [-0.2, -0.15) is 5.10 Å². The van der Waals surface area contributed by atoms with Gasteiger partial charge in [0, 0.05) is 31.2 Å². The van der Waals surface area contributed by atoms with Crippen LogP contribution in [0.5, 0.6) is 5.75 Å². The van der Waals surface area contributed by atoms with Gasteiger partial charge in [0.2, 0.25) is 0 Å². The fourth-order valence-electron chi connectivity index (χ4n) is 2.54. The minimum atomic E-state index is -0.255. The molecule has 2 N–H and O–H groups in total. The first-order valence-corrected chi connectivity index (χ1v) is 8.15. The molecule has 0 fully saturated rings. The van der Waals surface area contributed by atoms with Crippen molar-refractivity contribution < 1.29 is 9.53 Å². The molecular formula is C18H21N5O2. The number of pyridine rings is 1. The molecule has 0 saturated carbocycles. The minimum Gasteiger partial charge on any atom is -0.491 e. The van der Waals surface area contributed by atoms with Crippen LogP contribution in [0.4, 0.5) is 10.6 Å². The van der Waals surface area contributed by atoms with E-state index >= 15 is 0 Å². The Morgan fingerprint density at radius 3 is 2.92 bits per heavy atom. The zero-order chi connectivity index (χ0) is 17.6. The number of nitrogens with zero attached hydrogens (tertiary/aromatic N) is 3. The normalized spacial score (nSPS) is 10.6. The van der Waals surface area contributed by atoms with Crippen molar-refractivity contribution in [1.29, 1.82) is 0 Å². The topological polar surface area (TPSA) is 81.1 Å². The summed E-state index contributed by atoms with van der Waals surface area (Å²) in [6.07, 6.45) is 2.45. The van der Waals surface area contributed by atoms with Crippen LogP contribution in [0, 0.1) is 6.92 Å². The molecule has 0 atom stereocenters. The van der Waals surface area contributed by atoms with E-state index < -0.39 is 0 Å². The molecule has 0 aliphatic rings. The first kappa shape index (κ1) is 16.8. The third kappa shape index (κ3) is 4.26. The van der Waals surface area contributed by atoms with Gasteiger partial charge in [-0.1, -0.05) is 18.2 Å². The third-order valence-electron chi connectivity index (χ3n) is 3.70. The van der Waals surface area contributed by atoms with Gasteiger partial charge in [-0.3, -0.25) is 15.0 Å². The predicted molar refractivity (Wildman–Crippen MR) is 96.8 cm³/mol. The highest BCUT2D eigenvalue weighted by molar-refractivity contribution is 5.88. The summed E-state index contributed by atoms with van der Waals surface area (Å²) < 4.78 is 7.42. The van der Waals surface area contributed by atoms with Gasteiger partial charge < -0.3 is 10.1 Å². The van der Waals surface area contributed by atoms with Crippen molar-refractivity contribution in [2.75, 3.05) is 18.5 Å². The Hall–Kier alpha value is -3.09. The number of nitrogens with one attached hydrogen (secondary N) is 2. The van der Waals surface area contributed by atoms with Crippen molar-refractivity contribution in [3.8, 4) is 5.75 Å². The number of urea groups is 1. The summed E-state index contributed by atoms with van der Waals surface area (Å²) in [4.78, 5) is 16.2. The van der Waals surface area contributed by atoms with Crippen LogP contribution < -0.4 is 15.4 Å². The van der Waals surface area contributed by atoms with Gasteiger partial charge in [0.25, 0.3) is 0 Å². The van der Waals surface area contributed by atoms with E-state index in [1.165, 1.54) is 0 Å². The second-order valence-electron chi connectivity index (χ2n) is 5.71. The average molecular weight is 339 g/mol. The molecule has 0 radical (unpaired) electrons. The van der Waals surface area contributed by atoms with E-state index in [0.29, 0.717) is 25.4 Å². The molecule has 0 unspecified atom stereocenters. The van der Waals surface area contributed by atoms with E-state index in [4.69, 9.17) is 4.74 Å². The van der Waals surface area contributed by atoms with Crippen LogP contribution in [0.25, 0.3) is 10.9 Å². The number of amides is 2. The number of rotatable bonds is 6. The van der Waals surface area contributed by atoms with Gasteiger partial charge in [0.05, 0.1) is 12.3 Å². The number of aryl methyl sites for hydroxylation is 2. The average Bonchev–Trinajstić information content (AvgIpc) is 2.92. The fourth-order valence-corrected chi connectivity index (χ4v) is 2.54. The molecule has 0 saturated heterocycles. The van der Waals surface area contributed by atoms with Crippen molar-refractivity contribution in [2.24, 2.45) is 7.05 Å². The molecule has 0 spiro atoms. The molecule has 0 aliphatic carbocycles. The number of carbonyl (C=O) groups is 1. The SMILES string of the molecule is Cc1cc(NC(=O)NCCCOc2cccc3cccnc23)n(C)n1. The van der Waals surface area contributed by atoms with Crippen LogP contribution in [-0.4, -0.2) is 33.9 Å². The molecule has 2 aromatic heterocycles. The molecular weight excluding hydrogens is 318 g/mol. The number of benzene rings is 1. The van der Waals surface area contributed by atoms with Gasteiger partial charge in [0.15, 0.2) is 0 Å². The van der Waals surface area contributed by atoms with Gasteiger partial charge in [0.1, 0.15) is 17.1 Å². The standard InChI is InChI=1S/C18H21N5O2/c1-13-12-16(23(2)22-13)21-18(24)20-10-5-11-25-15-8-3-6-14-7-4-9-19-17(14)15/h3-4,6-9,12H,5,10-11H2,1-2H3,(H2,20,21,24). The first-order chi connectivity index (χ1) is 12.1. The van der Waals surface area contributed by atoms with Gasteiger partial charge >= 0.3 is 6.03 Å². The van der Waals surface area contributed by atoms with Crippen molar-refractivity contribution in [1.82, 2.24) is 20.1 Å². The monoisotopic (exact) mass is 339 g/mol. The van der Waals surface area contributed by atoms with E-state index in [1.807, 2.05) is 43.3 Å². The van der Waals surface area contributed by atoms with Crippen LogP contribution >= 0.6 is 0 Å². The van der Waals surface area contributed by atoms with E-state index in [0.717, 1.165) is 22.3 Å². The van der Waals surface area contributed by atoms with Crippen molar-refractivity contribution in [2.45, 2.75) is 13.3 Å². The maximum Gasteiger partial charge on any atom is 0.320 e. The molecule has 0 aliphatic heterocycles. The molecule has 1 aromatic carbocycles. The molecule has 3 rings (SSSR count). The van der Waals surface area contributed by atoms with Crippen LogP contribution in [-0.2, 0) is 7.05 Å². The first-order valence-electron chi connectivity index (χ1n) is 8.15. The lowest BCUT2D eigenvalue weighted by atomic mass is 10.2. The summed E-state index contributed by atoms with van der Waals surface area (Å²) in [6.45, 7) is 2.89. The number of hydrogen-bond donors (Lipinski definition) is 2. The Labute approximate surface area is 146 Å². The van der Waals surface area contributed by atoms with Gasteiger partial charge in [-0.15, -0.1) is 0 Å². The summed E-state index contributed by atoms with van der Waals surface area (Å²) in [7, 11) is 1.79. The number of aromatic nitrogens is 3. The summed E-state index contributed by atoms with van der Waals surface area (Å²) >= 11 is 0. The molecule has 25 heavy (non-hydrogen) atoms. The summed E-state index contributed by atoms with van der Waals surface area (Å²) in [5, 5.41) is 10.8. The Morgan fingerprint density at radius 1 is 1.28 bits per heavy atom. The number of ether oxygens (including phenoxy) is 1. The van der Waals surface area contributed by atoms with Crippen LogP contribution in [0.3, 0.4) is 0 Å². The highest BCUT2D eigenvalue weighted by atomic mass is 16.5. The second-order valence-corrected chi connectivity index (χ2v) is 5.71. The van der Waals surface area contributed by atoms with Gasteiger partial charge in [-0.25, -0.2) is 4.79 Å². The number of fused-ring (bicyclic) bond motifs is 1. The second kappa shape index (κ2) is 7.65. The number of para-hydroxylation sites is 1. The third-order valence-corrected chi connectivity index (χ3v) is 3.70. The maximum absolute atomic E-state index is 11.9. The molecule has 3 aromatic rings. The largest absolute Gasteiger partial charge is 0.491 e. The van der Waals surface area contributed by atoms with Crippen molar-refractivity contribution >= 4 is 22.8 Å². The van der Waals surface area contributed by atoms with E-state index in [1.54, 1.807) is 17.9 Å². The molecule has 2 heterocycles. The van der Waals surface area contributed by atoms with Crippen LogP contribution in [0.15, 0.2) is 42.6 Å². The Kier molecular flexibility index (Phi) is 5.13. The quantitative estimate of drug-likeness (QED) is 0.677. The summed E-state index contributed by atoms with van der Waals surface area (Å²) in [5.41, 5.74) is 1.71. The Morgan fingerprint density at radius 2 is 2.12 bits per heavy atom. The molecule has 7 heteroatoms. The lowest BCUT2D eigenvalue weighted by Crippen LogP contribution is -2.31. The molecule has 7 nitrogen and oxygen atoms in total. The highest BCUT2D eigenvalue weighted by Crippen LogP contribution is 2.22. The lowest BCUT2D eigenvalue weighted by molar-refractivity contribution is 0.250. The van der Waals surface area contributed by atoms with Crippen LogP contribution in [0.1, 0.15) is 12.1 Å². The molecule has 2 amide bonds. The number of hydrogen-bond acceptors (Lipinski definition) is 4. The Bertz CT molecular complexity index is 870. The van der Waals surface area contributed by atoms with E-state index in [-0.39, 0.29) is 6.03 Å². The number of anilines is 1. The van der Waals surface area contributed by atoms with Crippen molar-refractivity contribution in [3.63, 3.8) is 0 Å². The predicted octanol–water partition coefficient (Wildman–Crippen LogP) is 2.87. The zero-order valence-corrected chi connectivity index (χ0v) is 14.3. The van der Waals surface area contributed by atoms with Crippen molar-refractivity contribution in [3.05, 3.63) is 48.3 Å². The minimum absolute atomic E-state index is 0.255. The zero-order valence-electron chi connectivity index (χ0n) is 14.3.